The van der Waals surface area contributed by atoms with E-state index in [0.717, 1.165) is 5.57 Å². The maximum atomic E-state index is 11.3. The number of methoxy groups -OCH3 is 1. The van der Waals surface area contributed by atoms with Gasteiger partial charge in [0.1, 0.15) is 7.11 Å². The topological polar surface area (TPSA) is 57.1 Å². The van der Waals surface area contributed by atoms with Gasteiger partial charge in [0.05, 0.1) is 20.3 Å². The second-order valence-corrected chi connectivity index (χ2v) is 2.67. The first-order chi connectivity index (χ1) is 6.79. The van der Waals surface area contributed by atoms with Crippen LogP contribution in [0.2, 0.25) is 0 Å². The third-order valence-electron chi connectivity index (χ3n) is 1.83. The Morgan fingerprint density at radius 3 is 2.86 bits per heavy atom. The van der Waals surface area contributed by atoms with Crippen LogP contribution >= 0.6 is 0 Å². The van der Waals surface area contributed by atoms with Crippen molar-refractivity contribution in [1.29, 1.82) is 0 Å². The first kappa shape index (κ1) is 10.7. The number of hydrogen-bond donors (Lipinski definition) is 0. The molecule has 5 nitrogen and oxygen atoms in total. The minimum atomic E-state index is -0.486. The third kappa shape index (κ3) is 2.56. The van der Waals surface area contributed by atoms with Crippen LogP contribution in [0.5, 0.6) is 0 Å². The van der Waals surface area contributed by atoms with E-state index < -0.39 is 5.97 Å². The molecular formula is C9H13NO4. The average Bonchev–Trinajstić information content (AvgIpc) is 2.26. The predicted octanol–water partition coefficient (Wildman–Crippen LogP) is 0.508. The Kier molecular flexibility index (Phi) is 4.12. The van der Waals surface area contributed by atoms with Gasteiger partial charge in [-0.05, 0) is 12.0 Å². The highest BCUT2D eigenvalue weighted by Crippen LogP contribution is 2.11. The van der Waals surface area contributed by atoms with E-state index in [2.05, 4.69) is 14.7 Å². The summed E-state index contributed by atoms with van der Waals surface area (Å²) in [4.78, 5) is 15.9. The van der Waals surface area contributed by atoms with Crippen LogP contribution in [0.3, 0.4) is 0 Å². The molecule has 0 aliphatic carbocycles. The highest BCUT2D eigenvalue weighted by molar-refractivity contribution is 6.43. The van der Waals surface area contributed by atoms with Crippen molar-refractivity contribution in [2.75, 3.05) is 27.4 Å². The first-order valence-corrected chi connectivity index (χ1v) is 4.26. The fraction of sp³-hybridized carbons (Fsp3) is 0.556. The first-order valence-electron chi connectivity index (χ1n) is 4.26. The summed E-state index contributed by atoms with van der Waals surface area (Å²) in [6.07, 6.45) is 2.45. The number of oxime groups is 1. The number of ether oxygens (including phenoxy) is 2. The van der Waals surface area contributed by atoms with E-state index in [1.807, 2.05) is 0 Å². The maximum Gasteiger partial charge on any atom is 0.360 e. The largest absolute Gasteiger partial charge is 0.464 e. The molecule has 78 valence electrons. The molecule has 0 radical (unpaired) electrons. The summed E-state index contributed by atoms with van der Waals surface area (Å²) in [6.45, 7) is 1.08. The number of hydrogen-bond acceptors (Lipinski definition) is 5. The van der Waals surface area contributed by atoms with Crippen molar-refractivity contribution >= 4 is 11.7 Å². The molecule has 0 saturated heterocycles. The quantitative estimate of drug-likeness (QED) is 0.377. The summed E-state index contributed by atoms with van der Waals surface area (Å²) in [6, 6.07) is 0. The van der Waals surface area contributed by atoms with Crippen LogP contribution in [0.1, 0.15) is 6.42 Å². The van der Waals surface area contributed by atoms with Gasteiger partial charge in [0.25, 0.3) is 0 Å². The minimum absolute atomic E-state index is 0.221. The highest BCUT2D eigenvalue weighted by Gasteiger charge is 2.19. The molecule has 0 aromatic heterocycles. The fourth-order valence-electron chi connectivity index (χ4n) is 1.16. The molecule has 0 spiro atoms. The van der Waals surface area contributed by atoms with E-state index in [4.69, 9.17) is 4.74 Å². The van der Waals surface area contributed by atoms with E-state index in [-0.39, 0.29) is 5.71 Å². The van der Waals surface area contributed by atoms with Gasteiger partial charge in [-0.2, -0.15) is 0 Å². The number of rotatable bonds is 3. The van der Waals surface area contributed by atoms with Crippen LogP contribution in [0.15, 0.2) is 16.8 Å². The van der Waals surface area contributed by atoms with Crippen molar-refractivity contribution in [3.8, 4) is 0 Å². The highest BCUT2D eigenvalue weighted by atomic mass is 16.6. The lowest BCUT2D eigenvalue weighted by Gasteiger charge is -2.13. The molecule has 14 heavy (non-hydrogen) atoms. The Labute approximate surface area is 82.3 Å². The lowest BCUT2D eigenvalue weighted by molar-refractivity contribution is -0.132. The third-order valence-corrected chi connectivity index (χ3v) is 1.83. The molecular weight excluding hydrogens is 186 g/mol. The molecule has 0 aromatic carbocycles. The van der Waals surface area contributed by atoms with E-state index >= 15 is 0 Å². The zero-order chi connectivity index (χ0) is 10.4. The van der Waals surface area contributed by atoms with Crippen LogP contribution in [-0.4, -0.2) is 39.1 Å². The Bertz CT molecular complexity index is 270. The van der Waals surface area contributed by atoms with Gasteiger partial charge in [-0.25, -0.2) is 4.79 Å². The molecule has 5 heteroatoms. The molecule has 1 aliphatic rings. The molecule has 1 heterocycles. The van der Waals surface area contributed by atoms with E-state index in [1.165, 1.54) is 14.2 Å². The zero-order valence-corrected chi connectivity index (χ0v) is 8.28. The molecule has 0 N–H and O–H groups in total. The predicted molar refractivity (Wildman–Crippen MR) is 50.0 cm³/mol. The van der Waals surface area contributed by atoms with Gasteiger partial charge < -0.3 is 14.3 Å². The number of nitrogens with zero attached hydrogens (tertiary/aromatic N) is 1. The normalized spacial score (nSPS) is 17.3. The van der Waals surface area contributed by atoms with Crippen molar-refractivity contribution in [1.82, 2.24) is 0 Å². The molecule has 0 amide bonds. The molecule has 0 bridgehead atoms. The lowest BCUT2D eigenvalue weighted by Crippen LogP contribution is -2.22. The van der Waals surface area contributed by atoms with Gasteiger partial charge in [0.2, 0.25) is 0 Å². The second kappa shape index (κ2) is 5.39. The van der Waals surface area contributed by atoms with Crippen molar-refractivity contribution in [2.45, 2.75) is 6.42 Å². The van der Waals surface area contributed by atoms with Crippen LogP contribution in [0.4, 0.5) is 0 Å². The van der Waals surface area contributed by atoms with E-state index in [9.17, 15) is 4.79 Å². The van der Waals surface area contributed by atoms with Crippen LogP contribution < -0.4 is 0 Å². The Morgan fingerprint density at radius 2 is 2.36 bits per heavy atom. The Balaban J connectivity index is 2.81. The summed E-state index contributed by atoms with van der Waals surface area (Å²) >= 11 is 0. The SMILES string of the molecule is CO/N=C(\C(=O)OC)C1=CCOCC1. The standard InChI is InChI=1S/C9H13NO4/c1-12-9(11)8(10-13-2)7-3-5-14-6-4-7/h3H,4-6H2,1-2H3/b10-8-. The minimum Gasteiger partial charge on any atom is -0.464 e. The average molecular weight is 199 g/mol. The molecule has 0 fully saturated rings. The number of esters is 1. The summed E-state index contributed by atoms with van der Waals surface area (Å²) < 4.78 is 9.70. The van der Waals surface area contributed by atoms with Gasteiger partial charge in [-0.15, -0.1) is 0 Å². The summed E-state index contributed by atoms with van der Waals surface area (Å²) in [5.41, 5.74) is 1.03. The molecule has 1 aliphatic heterocycles. The molecule has 0 saturated carbocycles. The van der Waals surface area contributed by atoms with Crippen molar-refractivity contribution < 1.29 is 19.1 Å². The summed E-state index contributed by atoms with van der Waals surface area (Å²) in [5, 5.41) is 3.64. The lowest BCUT2D eigenvalue weighted by atomic mass is 10.1. The zero-order valence-electron chi connectivity index (χ0n) is 8.28. The van der Waals surface area contributed by atoms with Crippen molar-refractivity contribution in [3.05, 3.63) is 11.6 Å². The van der Waals surface area contributed by atoms with Gasteiger partial charge in [0, 0.05) is 0 Å². The summed E-state index contributed by atoms with van der Waals surface area (Å²) in [5.74, 6) is -0.486. The number of carbonyl (C=O) groups is 1. The molecule has 0 unspecified atom stereocenters. The van der Waals surface area contributed by atoms with Crippen LogP contribution in [0, 0.1) is 0 Å². The van der Waals surface area contributed by atoms with E-state index in [0.29, 0.717) is 19.6 Å². The fourth-order valence-corrected chi connectivity index (χ4v) is 1.16. The molecule has 1 rings (SSSR count). The molecule has 0 atom stereocenters. The van der Waals surface area contributed by atoms with Crippen molar-refractivity contribution in [3.63, 3.8) is 0 Å². The maximum absolute atomic E-state index is 11.3. The Hall–Kier alpha value is -1.36. The van der Waals surface area contributed by atoms with Crippen LogP contribution in [-0.2, 0) is 19.1 Å². The van der Waals surface area contributed by atoms with Gasteiger partial charge in [0.15, 0.2) is 5.71 Å². The number of carbonyl (C=O) groups excluding carboxylic acids is 1. The van der Waals surface area contributed by atoms with Crippen LogP contribution in [0.25, 0.3) is 0 Å². The Morgan fingerprint density at radius 1 is 1.57 bits per heavy atom. The summed E-state index contributed by atoms with van der Waals surface area (Å²) in [7, 11) is 2.70. The van der Waals surface area contributed by atoms with E-state index in [1.54, 1.807) is 6.08 Å². The second-order valence-electron chi connectivity index (χ2n) is 2.67. The monoisotopic (exact) mass is 199 g/mol. The van der Waals surface area contributed by atoms with Gasteiger partial charge in [-0.1, -0.05) is 11.2 Å². The van der Waals surface area contributed by atoms with Crippen molar-refractivity contribution in [2.24, 2.45) is 5.16 Å². The molecule has 0 aromatic rings. The van der Waals surface area contributed by atoms with Gasteiger partial charge >= 0.3 is 5.97 Å². The van der Waals surface area contributed by atoms with Gasteiger partial charge in [-0.3, -0.25) is 0 Å². The smallest absolute Gasteiger partial charge is 0.360 e.